The Balaban J connectivity index is 2.32. The van der Waals surface area contributed by atoms with Gasteiger partial charge in [0.1, 0.15) is 0 Å². The van der Waals surface area contributed by atoms with Gasteiger partial charge in [-0.2, -0.15) is 0 Å². The number of rotatable bonds is 3. The molecule has 0 aliphatic carbocycles. The highest BCUT2D eigenvalue weighted by molar-refractivity contribution is 5.77. The van der Waals surface area contributed by atoms with Crippen LogP contribution >= 0.6 is 0 Å². The normalized spacial score (nSPS) is 15.5. The number of esters is 1. The molecule has 0 amide bonds. The van der Waals surface area contributed by atoms with E-state index in [1.54, 1.807) is 26.0 Å². The molecule has 1 heterocycles. The first-order valence-electron chi connectivity index (χ1n) is 6.39. The van der Waals surface area contributed by atoms with Gasteiger partial charge in [0.2, 0.25) is 0 Å². The molecule has 0 radical (unpaired) electrons. The van der Waals surface area contributed by atoms with Gasteiger partial charge in [0.15, 0.2) is 17.6 Å². The third-order valence-corrected chi connectivity index (χ3v) is 3.01. The first-order valence-corrected chi connectivity index (χ1v) is 6.39. The molecule has 0 saturated carbocycles. The maximum Gasteiger partial charge on any atom is 0.339 e. The number of carbonyl (C=O) groups is 1. The van der Waals surface area contributed by atoms with Gasteiger partial charge < -0.3 is 19.3 Å². The van der Waals surface area contributed by atoms with Gasteiger partial charge >= 0.3 is 5.97 Å². The van der Waals surface area contributed by atoms with Crippen molar-refractivity contribution in [2.45, 2.75) is 26.4 Å². The molecule has 19 heavy (non-hydrogen) atoms. The van der Waals surface area contributed by atoms with E-state index in [0.29, 0.717) is 35.8 Å². The fraction of sp³-hybridized carbons (Fsp3) is 0.500. The monoisotopic (exact) mass is 266 g/mol. The van der Waals surface area contributed by atoms with Gasteiger partial charge in [0.05, 0.1) is 19.8 Å². The van der Waals surface area contributed by atoms with E-state index in [0.717, 1.165) is 6.42 Å². The third-order valence-electron chi connectivity index (χ3n) is 3.01. The van der Waals surface area contributed by atoms with Crippen LogP contribution in [0.3, 0.4) is 0 Å². The fourth-order valence-electron chi connectivity index (χ4n) is 2.03. The minimum atomic E-state index is -1.29. The van der Waals surface area contributed by atoms with Gasteiger partial charge in [-0.25, -0.2) is 4.79 Å². The molecule has 0 fully saturated rings. The zero-order chi connectivity index (χ0) is 13.8. The Morgan fingerprint density at radius 1 is 1.42 bits per heavy atom. The lowest BCUT2D eigenvalue weighted by molar-refractivity contribution is -0.153. The average Bonchev–Trinajstić information content (AvgIpc) is 2.64. The summed E-state index contributed by atoms with van der Waals surface area (Å²) in [5.41, 5.74) is 1.20. The molecule has 1 N–H and O–H groups in total. The minimum Gasteiger partial charge on any atom is -0.490 e. The van der Waals surface area contributed by atoms with Crippen molar-refractivity contribution < 1.29 is 24.1 Å². The first kappa shape index (κ1) is 13.7. The van der Waals surface area contributed by atoms with Gasteiger partial charge in [0, 0.05) is 12.0 Å². The summed E-state index contributed by atoms with van der Waals surface area (Å²) in [4.78, 5) is 11.6. The second-order valence-corrected chi connectivity index (χ2v) is 4.31. The highest BCUT2D eigenvalue weighted by Crippen LogP contribution is 2.37. The predicted molar refractivity (Wildman–Crippen MR) is 68.4 cm³/mol. The number of hydrogen-bond acceptors (Lipinski definition) is 5. The van der Waals surface area contributed by atoms with E-state index >= 15 is 0 Å². The van der Waals surface area contributed by atoms with Crippen molar-refractivity contribution in [3.63, 3.8) is 0 Å². The zero-order valence-electron chi connectivity index (χ0n) is 11.1. The van der Waals surface area contributed by atoms with Crippen molar-refractivity contribution in [3.8, 4) is 11.5 Å². The molecule has 0 bridgehead atoms. The summed E-state index contributed by atoms with van der Waals surface area (Å²) in [6, 6.07) is 3.38. The van der Waals surface area contributed by atoms with E-state index in [1.165, 1.54) is 0 Å². The molecule has 0 aromatic heterocycles. The van der Waals surface area contributed by atoms with E-state index in [4.69, 9.17) is 14.2 Å². The molecule has 1 atom stereocenters. The average molecular weight is 266 g/mol. The molecule has 0 spiro atoms. The topological polar surface area (TPSA) is 65.0 Å². The Bertz CT molecular complexity index is 469. The Morgan fingerprint density at radius 3 is 2.89 bits per heavy atom. The van der Waals surface area contributed by atoms with E-state index in [2.05, 4.69) is 0 Å². The lowest BCUT2D eigenvalue weighted by Crippen LogP contribution is -2.16. The minimum absolute atomic E-state index is 0.236. The van der Waals surface area contributed by atoms with E-state index in [1.807, 2.05) is 0 Å². The van der Waals surface area contributed by atoms with Gasteiger partial charge in [-0.15, -0.1) is 0 Å². The number of benzene rings is 1. The standard InChI is InChI=1S/C14H18O5/c1-3-17-14(16)12(15)10-5-6-11-13(9(10)2)19-8-4-7-18-11/h5-6,12,15H,3-4,7-8H2,1-2H3. The highest BCUT2D eigenvalue weighted by atomic mass is 16.5. The van der Waals surface area contributed by atoms with Gasteiger partial charge in [-0.3, -0.25) is 0 Å². The van der Waals surface area contributed by atoms with Crippen LogP contribution in [0.1, 0.15) is 30.6 Å². The van der Waals surface area contributed by atoms with Crippen molar-refractivity contribution in [2.24, 2.45) is 0 Å². The SMILES string of the molecule is CCOC(=O)C(O)c1ccc2c(c1C)OCCCO2. The Labute approximate surface area is 112 Å². The van der Waals surface area contributed by atoms with Gasteiger partial charge in [-0.05, 0) is 25.5 Å². The van der Waals surface area contributed by atoms with Crippen molar-refractivity contribution >= 4 is 5.97 Å². The Morgan fingerprint density at radius 2 is 2.16 bits per heavy atom. The summed E-state index contributed by atoms with van der Waals surface area (Å²) < 4.78 is 16.0. The third kappa shape index (κ3) is 2.81. The molecule has 0 saturated heterocycles. The quantitative estimate of drug-likeness (QED) is 0.844. The summed E-state index contributed by atoms with van der Waals surface area (Å²) in [6.45, 7) is 4.90. The summed E-state index contributed by atoms with van der Waals surface area (Å²) in [5.74, 6) is 0.591. The van der Waals surface area contributed by atoms with Crippen LogP contribution in [0, 0.1) is 6.92 Å². The first-order chi connectivity index (χ1) is 9.15. The van der Waals surface area contributed by atoms with Crippen LogP contribution in [0.5, 0.6) is 11.5 Å². The molecule has 1 aliphatic heterocycles. The van der Waals surface area contributed by atoms with Crippen molar-refractivity contribution in [1.82, 2.24) is 0 Å². The molecule has 2 rings (SSSR count). The molecule has 1 aliphatic rings. The fourth-order valence-corrected chi connectivity index (χ4v) is 2.03. The Hall–Kier alpha value is -1.75. The van der Waals surface area contributed by atoms with Crippen molar-refractivity contribution in [3.05, 3.63) is 23.3 Å². The smallest absolute Gasteiger partial charge is 0.339 e. The molecule has 5 nitrogen and oxygen atoms in total. The zero-order valence-corrected chi connectivity index (χ0v) is 11.1. The number of fused-ring (bicyclic) bond motifs is 1. The lowest BCUT2D eigenvalue weighted by atomic mass is 10.0. The molecule has 104 valence electrons. The van der Waals surface area contributed by atoms with Crippen LogP contribution in [0.15, 0.2) is 12.1 Å². The molecule has 1 aromatic carbocycles. The van der Waals surface area contributed by atoms with E-state index in [-0.39, 0.29) is 6.61 Å². The molecule has 1 unspecified atom stereocenters. The summed E-state index contributed by atoms with van der Waals surface area (Å²) in [7, 11) is 0. The van der Waals surface area contributed by atoms with Crippen molar-refractivity contribution in [2.75, 3.05) is 19.8 Å². The maximum atomic E-state index is 11.6. The second-order valence-electron chi connectivity index (χ2n) is 4.31. The lowest BCUT2D eigenvalue weighted by Gasteiger charge is -2.17. The molecular weight excluding hydrogens is 248 g/mol. The molecule has 1 aromatic rings. The van der Waals surface area contributed by atoms with Crippen LogP contribution in [-0.2, 0) is 9.53 Å². The maximum absolute atomic E-state index is 11.6. The van der Waals surface area contributed by atoms with Crippen LogP contribution in [0.2, 0.25) is 0 Å². The van der Waals surface area contributed by atoms with Gasteiger partial charge in [0.25, 0.3) is 0 Å². The number of ether oxygens (including phenoxy) is 3. The predicted octanol–water partition coefficient (Wildman–Crippen LogP) is 1.75. The molecule has 5 heteroatoms. The van der Waals surface area contributed by atoms with Crippen LogP contribution in [0.25, 0.3) is 0 Å². The van der Waals surface area contributed by atoms with Crippen LogP contribution in [0.4, 0.5) is 0 Å². The van der Waals surface area contributed by atoms with Crippen LogP contribution < -0.4 is 9.47 Å². The number of aliphatic hydroxyl groups excluding tert-OH is 1. The van der Waals surface area contributed by atoms with E-state index < -0.39 is 12.1 Å². The summed E-state index contributed by atoms with van der Waals surface area (Å²) >= 11 is 0. The van der Waals surface area contributed by atoms with Crippen molar-refractivity contribution in [1.29, 1.82) is 0 Å². The van der Waals surface area contributed by atoms with Gasteiger partial charge in [-0.1, -0.05) is 6.07 Å². The largest absolute Gasteiger partial charge is 0.490 e. The summed E-state index contributed by atoms with van der Waals surface area (Å²) in [5, 5.41) is 10.0. The second kappa shape index (κ2) is 5.93. The van der Waals surface area contributed by atoms with Crippen LogP contribution in [-0.4, -0.2) is 30.9 Å². The molecular formula is C14H18O5. The number of aliphatic hydroxyl groups is 1. The summed E-state index contributed by atoms with van der Waals surface area (Å²) in [6.07, 6.45) is -0.485. The highest BCUT2D eigenvalue weighted by Gasteiger charge is 2.24. The number of hydrogen-bond donors (Lipinski definition) is 1. The Kier molecular flexibility index (Phi) is 4.27. The number of carbonyl (C=O) groups excluding carboxylic acids is 1. The van der Waals surface area contributed by atoms with E-state index in [9.17, 15) is 9.90 Å².